The first-order valence-electron chi connectivity index (χ1n) is 8.62. The lowest BCUT2D eigenvalue weighted by Gasteiger charge is -2.19. The van der Waals surface area contributed by atoms with E-state index in [4.69, 9.17) is 0 Å². The van der Waals surface area contributed by atoms with E-state index in [0.717, 1.165) is 5.56 Å². The maximum Gasteiger partial charge on any atom is 0.242 e. The molecule has 0 saturated carbocycles. The van der Waals surface area contributed by atoms with Crippen LogP contribution in [0.1, 0.15) is 5.56 Å². The molecule has 0 spiro atoms. The topological polar surface area (TPSA) is 75.3 Å². The van der Waals surface area contributed by atoms with Gasteiger partial charge in [-0.15, -0.1) is 0 Å². The maximum absolute atomic E-state index is 12.9. The van der Waals surface area contributed by atoms with Crippen LogP contribution < -0.4 is 10.0 Å². The van der Waals surface area contributed by atoms with Crippen molar-refractivity contribution < 1.29 is 13.2 Å². The second kappa shape index (κ2) is 9.14. The number of anilines is 1. The molecule has 7 heteroatoms. The number of hydrogen-bond donors (Lipinski definition) is 2. The summed E-state index contributed by atoms with van der Waals surface area (Å²) in [7, 11) is -3.85. The summed E-state index contributed by atoms with van der Waals surface area (Å²) >= 11 is 3.39. The van der Waals surface area contributed by atoms with Crippen LogP contribution in [-0.4, -0.2) is 20.4 Å². The van der Waals surface area contributed by atoms with Gasteiger partial charge in [0.05, 0.1) is 10.6 Å². The summed E-state index contributed by atoms with van der Waals surface area (Å²) < 4.78 is 28.8. The van der Waals surface area contributed by atoms with Crippen LogP contribution in [-0.2, 0) is 21.2 Å². The first-order chi connectivity index (χ1) is 13.5. The normalized spacial score (nSPS) is 12.3. The fourth-order valence-electron chi connectivity index (χ4n) is 2.68. The number of carbonyl (C=O) groups excluding carboxylic acids is 1. The number of para-hydroxylation sites is 1. The summed E-state index contributed by atoms with van der Waals surface area (Å²) in [4.78, 5) is 13.0. The quantitative estimate of drug-likeness (QED) is 0.562. The van der Waals surface area contributed by atoms with Crippen molar-refractivity contribution in [2.45, 2.75) is 17.4 Å². The Balaban J connectivity index is 1.86. The molecule has 1 amide bonds. The summed E-state index contributed by atoms with van der Waals surface area (Å²) in [6.07, 6.45) is 0.225. The molecule has 2 N–H and O–H groups in total. The van der Waals surface area contributed by atoms with E-state index in [1.54, 1.807) is 36.4 Å². The van der Waals surface area contributed by atoms with Crippen LogP contribution in [0.4, 0.5) is 5.69 Å². The van der Waals surface area contributed by atoms with E-state index in [9.17, 15) is 13.2 Å². The molecule has 3 rings (SSSR count). The van der Waals surface area contributed by atoms with Crippen molar-refractivity contribution in [2.75, 3.05) is 5.32 Å². The summed E-state index contributed by atoms with van der Waals surface area (Å²) in [6.45, 7) is 0. The first kappa shape index (κ1) is 20.3. The molecule has 0 bridgehead atoms. The molecule has 0 unspecified atom stereocenters. The molecule has 5 nitrogen and oxygen atoms in total. The first-order valence-corrected chi connectivity index (χ1v) is 10.9. The Kier molecular flexibility index (Phi) is 6.61. The number of amides is 1. The lowest BCUT2D eigenvalue weighted by Crippen LogP contribution is -2.45. The molecular weight excluding hydrogens is 440 g/mol. The van der Waals surface area contributed by atoms with Gasteiger partial charge in [-0.1, -0.05) is 60.7 Å². The minimum absolute atomic E-state index is 0.113. The Hall–Kier alpha value is -2.48. The molecule has 0 saturated heterocycles. The summed E-state index contributed by atoms with van der Waals surface area (Å²) in [5, 5.41) is 2.79. The molecule has 144 valence electrons. The van der Waals surface area contributed by atoms with Crippen molar-refractivity contribution in [1.82, 2.24) is 4.72 Å². The van der Waals surface area contributed by atoms with Gasteiger partial charge in [0.25, 0.3) is 0 Å². The predicted octanol–water partition coefficient (Wildman–Crippen LogP) is 3.98. The van der Waals surface area contributed by atoms with Crippen molar-refractivity contribution in [1.29, 1.82) is 0 Å². The minimum Gasteiger partial charge on any atom is -0.324 e. The van der Waals surface area contributed by atoms with E-state index in [0.29, 0.717) is 10.2 Å². The Bertz CT molecular complexity index is 1040. The predicted molar refractivity (Wildman–Crippen MR) is 113 cm³/mol. The highest BCUT2D eigenvalue weighted by molar-refractivity contribution is 9.10. The number of hydrogen-bond acceptors (Lipinski definition) is 3. The maximum atomic E-state index is 12.9. The van der Waals surface area contributed by atoms with E-state index in [2.05, 4.69) is 26.0 Å². The van der Waals surface area contributed by atoms with Gasteiger partial charge in [0, 0.05) is 4.47 Å². The summed E-state index contributed by atoms with van der Waals surface area (Å²) in [5.74, 6) is -0.435. The molecule has 3 aromatic rings. The standard InChI is InChI=1S/C21H19BrN2O3S/c22-18-13-7-8-14-19(18)23-21(25)20(15-16-9-3-1-4-10-16)24-28(26,27)17-11-5-2-6-12-17/h1-14,20,24H,15H2,(H,23,25)/t20-/m1/s1. The van der Waals surface area contributed by atoms with Crippen LogP contribution in [0, 0.1) is 0 Å². The summed E-state index contributed by atoms with van der Waals surface area (Å²) in [5.41, 5.74) is 1.43. The van der Waals surface area contributed by atoms with Crippen LogP contribution in [0.2, 0.25) is 0 Å². The van der Waals surface area contributed by atoms with E-state index < -0.39 is 22.0 Å². The Labute approximate surface area is 173 Å². The smallest absolute Gasteiger partial charge is 0.242 e. The zero-order valence-electron chi connectivity index (χ0n) is 14.9. The molecule has 0 aliphatic carbocycles. The zero-order chi connectivity index (χ0) is 20.0. The molecule has 0 fully saturated rings. The molecule has 0 aromatic heterocycles. The second-order valence-electron chi connectivity index (χ2n) is 6.15. The highest BCUT2D eigenvalue weighted by Crippen LogP contribution is 2.22. The number of sulfonamides is 1. The Morgan fingerprint density at radius 1 is 0.857 bits per heavy atom. The van der Waals surface area contributed by atoms with Crippen molar-refractivity contribution >= 4 is 37.5 Å². The fourth-order valence-corrected chi connectivity index (χ4v) is 4.28. The third-order valence-corrected chi connectivity index (χ3v) is 6.26. The van der Waals surface area contributed by atoms with E-state index in [-0.39, 0.29) is 11.3 Å². The van der Waals surface area contributed by atoms with Gasteiger partial charge in [-0.25, -0.2) is 8.42 Å². The minimum atomic E-state index is -3.85. The van der Waals surface area contributed by atoms with Gasteiger partial charge in [-0.2, -0.15) is 4.72 Å². The highest BCUT2D eigenvalue weighted by Gasteiger charge is 2.26. The molecular formula is C21H19BrN2O3S. The zero-order valence-corrected chi connectivity index (χ0v) is 17.3. The molecule has 0 radical (unpaired) electrons. The second-order valence-corrected chi connectivity index (χ2v) is 8.71. The average Bonchev–Trinajstić information content (AvgIpc) is 2.70. The monoisotopic (exact) mass is 458 g/mol. The van der Waals surface area contributed by atoms with Crippen molar-refractivity contribution in [3.8, 4) is 0 Å². The number of carbonyl (C=O) groups is 1. The Morgan fingerprint density at radius 3 is 2.07 bits per heavy atom. The molecule has 28 heavy (non-hydrogen) atoms. The average molecular weight is 459 g/mol. The largest absolute Gasteiger partial charge is 0.324 e. The van der Waals surface area contributed by atoms with Crippen LogP contribution in [0.15, 0.2) is 94.3 Å². The van der Waals surface area contributed by atoms with Crippen LogP contribution in [0.3, 0.4) is 0 Å². The number of halogens is 1. The van der Waals surface area contributed by atoms with Crippen LogP contribution >= 0.6 is 15.9 Å². The lowest BCUT2D eigenvalue weighted by atomic mass is 10.1. The van der Waals surface area contributed by atoms with Gasteiger partial charge in [-0.05, 0) is 52.2 Å². The molecule has 0 heterocycles. The van der Waals surface area contributed by atoms with Crippen LogP contribution in [0.25, 0.3) is 0 Å². The van der Waals surface area contributed by atoms with Crippen molar-refractivity contribution in [3.05, 3.63) is 95.0 Å². The van der Waals surface area contributed by atoms with E-state index in [1.807, 2.05) is 36.4 Å². The summed E-state index contributed by atoms with van der Waals surface area (Å²) in [6, 6.07) is 23.5. The van der Waals surface area contributed by atoms with Crippen molar-refractivity contribution in [2.24, 2.45) is 0 Å². The number of rotatable bonds is 7. The van der Waals surface area contributed by atoms with E-state index >= 15 is 0 Å². The third-order valence-electron chi connectivity index (χ3n) is 4.08. The van der Waals surface area contributed by atoms with Gasteiger partial charge >= 0.3 is 0 Å². The van der Waals surface area contributed by atoms with Gasteiger partial charge < -0.3 is 5.32 Å². The molecule has 1 atom stereocenters. The van der Waals surface area contributed by atoms with Gasteiger partial charge in [0.1, 0.15) is 6.04 Å². The number of nitrogens with one attached hydrogen (secondary N) is 2. The highest BCUT2D eigenvalue weighted by atomic mass is 79.9. The van der Waals surface area contributed by atoms with Crippen molar-refractivity contribution in [3.63, 3.8) is 0 Å². The Morgan fingerprint density at radius 2 is 1.43 bits per heavy atom. The molecule has 3 aromatic carbocycles. The lowest BCUT2D eigenvalue weighted by molar-refractivity contribution is -0.117. The molecule has 0 aliphatic rings. The third kappa shape index (κ3) is 5.28. The van der Waals surface area contributed by atoms with E-state index in [1.165, 1.54) is 12.1 Å². The van der Waals surface area contributed by atoms with Gasteiger partial charge in [0.2, 0.25) is 15.9 Å². The van der Waals surface area contributed by atoms with Crippen LogP contribution in [0.5, 0.6) is 0 Å². The molecule has 0 aliphatic heterocycles. The SMILES string of the molecule is O=C(Nc1ccccc1Br)[C@@H](Cc1ccccc1)NS(=O)(=O)c1ccccc1. The van der Waals surface area contributed by atoms with Gasteiger partial charge in [-0.3, -0.25) is 4.79 Å². The number of benzene rings is 3. The van der Waals surface area contributed by atoms with Gasteiger partial charge in [0.15, 0.2) is 0 Å². The fraction of sp³-hybridized carbons (Fsp3) is 0.0952.